The second-order valence-electron chi connectivity index (χ2n) is 7.41. The number of pyridine rings is 1. The first-order chi connectivity index (χ1) is 13.2. The number of hydrogen-bond donors (Lipinski definition) is 0. The highest BCUT2D eigenvalue weighted by molar-refractivity contribution is 5.93. The molecule has 2 aliphatic heterocycles. The number of piperidine rings is 1. The van der Waals surface area contributed by atoms with E-state index in [1.54, 1.807) is 18.6 Å². The summed E-state index contributed by atoms with van der Waals surface area (Å²) in [5.74, 6) is 2.48. The van der Waals surface area contributed by atoms with Crippen molar-refractivity contribution in [2.45, 2.75) is 19.8 Å². The van der Waals surface area contributed by atoms with Gasteiger partial charge in [0.05, 0.1) is 5.56 Å². The molecule has 142 valence electrons. The van der Waals surface area contributed by atoms with Gasteiger partial charge in [0.25, 0.3) is 5.91 Å². The van der Waals surface area contributed by atoms with Crippen molar-refractivity contribution in [1.82, 2.24) is 19.9 Å². The third-order valence-electron chi connectivity index (χ3n) is 5.49. The zero-order valence-electron chi connectivity index (χ0n) is 15.8. The fourth-order valence-electron chi connectivity index (χ4n) is 3.67. The number of piperazine rings is 1. The lowest BCUT2D eigenvalue weighted by molar-refractivity contribution is 0.0745. The maximum atomic E-state index is 12.8. The molecule has 2 aliphatic rings. The summed E-state index contributed by atoms with van der Waals surface area (Å²) in [5.41, 5.74) is 0.565. The molecule has 27 heavy (non-hydrogen) atoms. The Morgan fingerprint density at radius 1 is 0.926 bits per heavy atom. The molecule has 7 nitrogen and oxygen atoms in total. The Labute approximate surface area is 160 Å². The van der Waals surface area contributed by atoms with Crippen LogP contribution in [-0.4, -0.2) is 65.0 Å². The van der Waals surface area contributed by atoms with Gasteiger partial charge in [-0.25, -0.2) is 15.0 Å². The van der Waals surface area contributed by atoms with E-state index in [0.29, 0.717) is 18.7 Å². The fraction of sp³-hybridized carbons (Fsp3) is 0.500. The van der Waals surface area contributed by atoms with E-state index >= 15 is 0 Å². The Morgan fingerprint density at radius 3 is 2.26 bits per heavy atom. The van der Waals surface area contributed by atoms with Gasteiger partial charge in [-0.05, 0) is 30.9 Å². The summed E-state index contributed by atoms with van der Waals surface area (Å²) in [5, 5.41) is 0. The van der Waals surface area contributed by atoms with Gasteiger partial charge in [-0.1, -0.05) is 13.0 Å². The molecule has 7 heteroatoms. The second-order valence-corrected chi connectivity index (χ2v) is 7.41. The van der Waals surface area contributed by atoms with Crippen LogP contribution in [0.1, 0.15) is 30.1 Å². The van der Waals surface area contributed by atoms with Crippen LogP contribution in [0.3, 0.4) is 0 Å². The molecule has 0 aromatic carbocycles. The lowest BCUT2D eigenvalue weighted by Gasteiger charge is -2.35. The number of anilines is 2. The molecule has 4 heterocycles. The van der Waals surface area contributed by atoms with Gasteiger partial charge >= 0.3 is 0 Å². The average Bonchev–Trinajstić information content (AvgIpc) is 2.75. The van der Waals surface area contributed by atoms with Crippen molar-refractivity contribution in [3.63, 3.8) is 0 Å². The van der Waals surface area contributed by atoms with Gasteiger partial charge in [-0.15, -0.1) is 0 Å². The first kappa shape index (κ1) is 17.7. The zero-order chi connectivity index (χ0) is 18.6. The van der Waals surface area contributed by atoms with Crippen molar-refractivity contribution in [2.24, 2.45) is 5.92 Å². The minimum Gasteiger partial charge on any atom is -0.353 e. The summed E-state index contributed by atoms with van der Waals surface area (Å²) in [6.45, 7) is 7.20. The number of rotatable bonds is 3. The molecule has 0 saturated carbocycles. The molecule has 2 saturated heterocycles. The van der Waals surface area contributed by atoms with Gasteiger partial charge in [0.1, 0.15) is 5.82 Å². The van der Waals surface area contributed by atoms with E-state index in [-0.39, 0.29) is 5.91 Å². The molecule has 1 amide bonds. The van der Waals surface area contributed by atoms with Crippen molar-refractivity contribution < 1.29 is 4.79 Å². The largest absolute Gasteiger partial charge is 0.353 e. The zero-order valence-corrected chi connectivity index (χ0v) is 15.8. The molecule has 0 spiro atoms. The van der Waals surface area contributed by atoms with Crippen molar-refractivity contribution >= 4 is 17.7 Å². The summed E-state index contributed by atoms with van der Waals surface area (Å²) in [7, 11) is 0. The molecule has 0 bridgehead atoms. The van der Waals surface area contributed by atoms with Crippen LogP contribution in [0.4, 0.5) is 11.8 Å². The third-order valence-corrected chi connectivity index (χ3v) is 5.49. The predicted molar refractivity (Wildman–Crippen MR) is 105 cm³/mol. The number of aromatic nitrogens is 3. The lowest BCUT2D eigenvalue weighted by Crippen LogP contribution is -2.49. The molecule has 0 N–H and O–H groups in total. The van der Waals surface area contributed by atoms with E-state index in [1.807, 2.05) is 23.1 Å². The Bertz CT molecular complexity index is 750. The van der Waals surface area contributed by atoms with Crippen LogP contribution >= 0.6 is 0 Å². The maximum Gasteiger partial charge on any atom is 0.257 e. The van der Waals surface area contributed by atoms with Crippen LogP contribution < -0.4 is 9.80 Å². The average molecular weight is 366 g/mol. The molecule has 4 rings (SSSR count). The van der Waals surface area contributed by atoms with E-state index in [2.05, 4.69) is 31.7 Å². The molecular weight excluding hydrogens is 340 g/mol. The van der Waals surface area contributed by atoms with Gasteiger partial charge < -0.3 is 14.7 Å². The SMILES string of the molecule is CC1CCN(c2ncc(C(=O)N3CCN(c4ccccn4)CC3)cn2)CC1. The van der Waals surface area contributed by atoms with Gasteiger partial charge in [0.15, 0.2) is 0 Å². The monoisotopic (exact) mass is 366 g/mol. The van der Waals surface area contributed by atoms with Gasteiger partial charge in [0.2, 0.25) is 5.95 Å². The molecule has 0 atom stereocenters. The van der Waals surface area contributed by atoms with Crippen molar-refractivity contribution in [3.05, 3.63) is 42.4 Å². The predicted octanol–water partition coefficient (Wildman–Crippen LogP) is 2.07. The Balaban J connectivity index is 1.35. The fourth-order valence-corrected chi connectivity index (χ4v) is 3.67. The van der Waals surface area contributed by atoms with E-state index in [1.165, 1.54) is 12.8 Å². The summed E-state index contributed by atoms with van der Waals surface area (Å²) < 4.78 is 0. The number of nitrogens with zero attached hydrogens (tertiary/aromatic N) is 6. The molecule has 2 aromatic heterocycles. The lowest BCUT2D eigenvalue weighted by atomic mass is 10.00. The van der Waals surface area contributed by atoms with Crippen LogP contribution in [-0.2, 0) is 0 Å². The summed E-state index contributed by atoms with van der Waals surface area (Å²) in [6, 6.07) is 5.91. The molecule has 0 aliphatic carbocycles. The first-order valence-corrected chi connectivity index (χ1v) is 9.73. The Kier molecular flexibility index (Phi) is 5.18. The minimum absolute atomic E-state index is 0.00878. The summed E-state index contributed by atoms with van der Waals surface area (Å²) >= 11 is 0. The van der Waals surface area contributed by atoms with E-state index in [0.717, 1.165) is 43.9 Å². The van der Waals surface area contributed by atoms with Crippen LogP contribution in [0.5, 0.6) is 0 Å². The van der Waals surface area contributed by atoms with Gasteiger partial charge in [0, 0.05) is 57.9 Å². The molecule has 0 unspecified atom stereocenters. The number of carbonyl (C=O) groups excluding carboxylic acids is 1. The topological polar surface area (TPSA) is 65.5 Å². The van der Waals surface area contributed by atoms with Crippen molar-refractivity contribution in [2.75, 3.05) is 49.1 Å². The molecule has 0 radical (unpaired) electrons. The van der Waals surface area contributed by atoms with E-state index in [9.17, 15) is 4.79 Å². The van der Waals surface area contributed by atoms with Gasteiger partial charge in [-0.2, -0.15) is 0 Å². The Morgan fingerprint density at radius 2 is 1.63 bits per heavy atom. The first-order valence-electron chi connectivity index (χ1n) is 9.73. The molecule has 2 fully saturated rings. The quantitative estimate of drug-likeness (QED) is 0.829. The van der Waals surface area contributed by atoms with Crippen LogP contribution in [0.2, 0.25) is 0 Å². The van der Waals surface area contributed by atoms with E-state index < -0.39 is 0 Å². The number of amides is 1. The number of carbonyl (C=O) groups is 1. The van der Waals surface area contributed by atoms with Crippen LogP contribution in [0, 0.1) is 5.92 Å². The summed E-state index contributed by atoms with van der Waals surface area (Å²) in [4.78, 5) is 32.4. The second kappa shape index (κ2) is 7.90. The van der Waals surface area contributed by atoms with Gasteiger partial charge in [-0.3, -0.25) is 4.79 Å². The maximum absolute atomic E-state index is 12.8. The minimum atomic E-state index is 0.00878. The highest BCUT2D eigenvalue weighted by Crippen LogP contribution is 2.20. The van der Waals surface area contributed by atoms with Crippen LogP contribution in [0.15, 0.2) is 36.8 Å². The van der Waals surface area contributed by atoms with Crippen LogP contribution in [0.25, 0.3) is 0 Å². The number of hydrogen-bond acceptors (Lipinski definition) is 6. The molecule has 2 aromatic rings. The normalized spacial score (nSPS) is 18.6. The summed E-state index contributed by atoms with van der Waals surface area (Å²) in [6.07, 6.45) is 7.49. The Hall–Kier alpha value is -2.70. The smallest absolute Gasteiger partial charge is 0.257 e. The highest BCUT2D eigenvalue weighted by Gasteiger charge is 2.24. The van der Waals surface area contributed by atoms with Crippen molar-refractivity contribution in [3.8, 4) is 0 Å². The molecular formula is C20H26N6O. The van der Waals surface area contributed by atoms with Crippen molar-refractivity contribution in [1.29, 1.82) is 0 Å². The third kappa shape index (κ3) is 4.02. The standard InChI is InChI=1S/C20H26N6O/c1-16-5-8-26(9-6-16)20-22-14-17(15-23-20)19(27)25-12-10-24(11-13-25)18-4-2-3-7-21-18/h2-4,7,14-16H,5-6,8-13H2,1H3. The highest BCUT2D eigenvalue weighted by atomic mass is 16.2. The van der Waals surface area contributed by atoms with E-state index in [4.69, 9.17) is 0 Å².